The van der Waals surface area contributed by atoms with E-state index in [9.17, 15) is 0 Å². The molecule has 4 heteroatoms. The Morgan fingerprint density at radius 3 is 1.59 bits per heavy atom. The van der Waals surface area contributed by atoms with Crippen molar-refractivity contribution < 1.29 is 0 Å². The van der Waals surface area contributed by atoms with Crippen LogP contribution in [0.2, 0.25) is 0 Å². The van der Waals surface area contributed by atoms with E-state index in [1.54, 1.807) is 0 Å². The predicted octanol–water partition coefficient (Wildman–Crippen LogP) is 13.4. The summed E-state index contributed by atoms with van der Waals surface area (Å²) in [6.45, 7) is 0.785. The van der Waals surface area contributed by atoms with Gasteiger partial charge in [-0.25, -0.2) is 9.97 Å². The molecule has 0 saturated carbocycles. The Bertz CT molecular complexity index is 3690. The third kappa shape index (κ3) is 7.31. The van der Waals surface area contributed by atoms with Crippen LogP contribution in [-0.2, 0) is 0 Å². The van der Waals surface area contributed by atoms with Gasteiger partial charge in [0, 0.05) is 56.7 Å². The molecule has 0 saturated heterocycles. The van der Waals surface area contributed by atoms with Gasteiger partial charge in [0.05, 0.1) is 16.9 Å². The maximum absolute atomic E-state index is 5.50. The monoisotopic (exact) mass is 842 g/mol. The maximum Gasteiger partial charge on any atom is 0.160 e. The standard InChI is InChI=1S/C62H42N4/c1-3-11-41(12-4-1)43-19-21-45(22-20-43)53-39-56(48-25-23-44(24-26-48)42-13-5-2-6-14-42)61-57(40-53)60(51-29-27-49(28-30-51)58-54-17-9-7-15-46(54)35-37-63-58)65-62(66-61)52-33-31-50(32-34-52)59-55-18-10-8-16-47(55)36-38-64-59/h1-36,38-40,63H,37H2. The quantitative estimate of drug-likeness (QED) is 0.166. The second kappa shape index (κ2) is 16.8. The maximum atomic E-state index is 5.50. The van der Waals surface area contributed by atoms with Crippen molar-refractivity contribution in [1.82, 2.24) is 20.3 Å². The minimum absolute atomic E-state index is 0.661. The van der Waals surface area contributed by atoms with Gasteiger partial charge >= 0.3 is 0 Å². The zero-order valence-electron chi connectivity index (χ0n) is 36.1. The van der Waals surface area contributed by atoms with Crippen molar-refractivity contribution in [2.45, 2.75) is 0 Å². The largest absolute Gasteiger partial charge is 0.381 e. The van der Waals surface area contributed by atoms with E-state index in [1.807, 2.05) is 6.20 Å². The number of hydrogen-bond donors (Lipinski definition) is 1. The van der Waals surface area contributed by atoms with E-state index in [4.69, 9.17) is 15.0 Å². The molecule has 1 aliphatic rings. The number of benzene rings is 9. The van der Waals surface area contributed by atoms with Crippen LogP contribution >= 0.6 is 0 Å². The molecule has 0 spiro atoms. The molecule has 0 atom stereocenters. The van der Waals surface area contributed by atoms with Crippen LogP contribution < -0.4 is 15.8 Å². The zero-order chi connectivity index (χ0) is 43.8. The summed E-state index contributed by atoms with van der Waals surface area (Å²) in [4.78, 5) is 15.8. The number of aromatic nitrogens is 3. The summed E-state index contributed by atoms with van der Waals surface area (Å²) < 4.78 is 0. The summed E-state index contributed by atoms with van der Waals surface area (Å²) in [5.41, 5.74) is 17.0. The molecule has 2 aromatic heterocycles. The fourth-order valence-corrected chi connectivity index (χ4v) is 9.37. The minimum Gasteiger partial charge on any atom is -0.381 e. The lowest BCUT2D eigenvalue weighted by atomic mass is 9.92. The molecule has 12 rings (SSSR count). The van der Waals surface area contributed by atoms with Gasteiger partial charge in [-0.2, -0.15) is 0 Å². The fraction of sp³-hybridized carbons (Fsp3) is 0.0161. The summed E-state index contributed by atoms with van der Waals surface area (Å²) >= 11 is 0. The van der Waals surface area contributed by atoms with Crippen LogP contribution in [0.15, 0.2) is 231 Å². The number of nitrogens with zero attached hydrogens (tertiary/aromatic N) is 3. The Morgan fingerprint density at radius 2 is 0.894 bits per heavy atom. The average Bonchev–Trinajstić information content (AvgIpc) is 3.40. The Labute approximate surface area is 383 Å². The minimum atomic E-state index is 0.661. The molecule has 0 fully saturated rings. The molecule has 0 radical (unpaired) electrons. The average molecular weight is 843 g/mol. The van der Waals surface area contributed by atoms with Gasteiger partial charge in [-0.15, -0.1) is 0 Å². The van der Waals surface area contributed by atoms with Gasteiger partial charge in [0.1, 0.15) is 0 Å². The zero-order valence-corrected chi connectivity index (χ0v) is 36.1. The summed E-state index contributed by atoms with van der Waals surface area (Å²) in [7, 11) is 0. The lowest BCUT2D eigenvalue weighted by molar-refractivity contribution is 1.01. The van der Waals surface area contributed by atoms with Crippen LogP contribution in [-0.4, -0.2) is 21.5 Å². The summed E-state index contributed by atoms with van der Waals surface area (Å²) in [6.07, 6.45) is 4.13. The van der Waals surface area contributed by atoms with Crippen molar-refractivity contribution in [3.8, 4) is 78.4 Å². The Kier molecular flexibility index (Phi) is 9.88. The van der Waals surface area contributed by atoms with E-state index in [0.717, 1.165) is 89.8 Å². The van der Waals surface area contributed by atoms with Crippen LogP contribution in [0.1, 0.15) is 5.56 Å². The van der Waals surface area contributed by atoms with E-state index < -0.39 is 0 Å². The van der Waals surface area contributed by atoms with Gasteiger partial charge in [-0.3, -0.25) is 4.98 Å². The van der Waals surface area contributed by atoms with Gasteiger partial charge in [0.25, 0.3) is 0 Å². The predicted molar refractivity (Wildman–Crippen MR) is 274 cm³/mol. The molecule has 0 amide bonds. The molecule has 4 nitrogen and oxygen atoms in total. The molecule has 3 heterocycles. The first-order valence-electron chi connectivity index (χ1n) is 22.5. The van der Waals surface area contributed by atoms with E-state index in [-0.39, 0.29) is 0 Å². The molecule has 11 aromatic rings. The number of fused-ring (bicyclic) bond motifs is 3. The molecular formula is C62H42N4. The first kappa shape index (κ1) is 38.9. The van der Waals surface area contributed by atoms with E-state index in [1.165, 1.54) is 32.7 Å². The number of pyridine rings is 1. The van der Waals surface area contributed by atoms with Crippen molar-refractivity contribution in [2.24, 2.45) is 0 Å². The summed E-state index contributed by atoms with van der Waals surface area (Å²) in [5.74, 6) is 0.661. The summed E-state index contributed by atoms with van der Waals surface area (Å²) in [5, 5.41) is 9.37. The summed E-state index contributed by atoms with van der Waals surface area (Å²) in [6, 6.07) is 79.9. The van der Waals surface area contributed by atoms with Gasteiger partial charge in [-0.1, -0.05) is 212 Å². The highest BCUT2D eigenvalue weighted by atomic mass is 14.9. The van der Waals surface area contributed by atoms with Gasteiger partial charge in [0.2, 0.25) is 0 Å². The van der Waals surface area contributed by atoms with Gasteiger partial charge < -0.3 is 5.32 Å². The van der Waals surface area contributed by atoms with Crippen LogP contribution in [0.25, 0.3) is 112 Å². The fourth-order valence-electron chi connectivity index (χ4n) is 9.37. The molecule has 1 aliphatic heterocycles. The third-order valence-electron chi connectivity index (χ3n) is 12.8. The molecule has 0 unspecified atom stereocenters. The second-order valence-corrected chi connectivity index (χ2v) is 16.8. The Hall–Kier alpha value is -8.73. The van der Waals surface area contributed by atoms with Crippen LogP contribution in [0.4, 0.5) is 0 Å². The lowest BCUT2D eigenvalue weighted by Gasteiger charge is -2.17. The SMILES string of the molecule is C1=c2ccccc2=C(c2ccc(-c3nc(-c4ccc(-c5nccc6ccccc56)cc4)nc4c(-c5ccc(-c6ccccc6)cc5)cc(-c5ccc(-c6ccccc6)cc5)cc34)cc2)NC1. The van der Waals surface area contributed by atoms with Crippen LogP contribution in [0.5, 0.6) is 0 Å². The molecule has 0 aliphatic carbocycles. The molecule has 310 valence electrons. The molecular weight excluding hydrogens is 801 g/mol. The van der Waals surface area contributed by atoms with Crippen LogP contribution in [0, 0.1) is 0 Å². The van der Waals surface area contributed by atoms with Crippen molar-refractivity contribution in [3.63, 3.8) is 0 Å². The lowest BCUT2D eigenvalue weighted by Crippen LogP contribution is -2.37. The van der Waals surface area contributed by atoms with Crippen molar-refractivity contribution in [3.05, 3.63) is 247 Å². The van der Waals surface area contributed by atoms with Crippen LogP contribution in [0.3, 0.4) is 0 Å². The molecule has 1 N–H and O–H groups in total. The number of rotatable bonds is 8. The normalized spacial score (nSPS) is 12.1. The van der Waals surface area contributed by atoms with E-state index in [0.29, 0.717) is 5.82 Å². The second-order valence-electron chi connectivity index (χ2n) is 16.8. The highest BCUT2D eigenvalue weighted by Gasteiger charge is 2.19. The van der Waals surface area contributed by atoms with E-state index in [2.05, 4.69) is 236 Å². The molecule has 0 bridgehead atoms. The molecule has 9 aromatic carbocycles. The van der Waals surface area contributed by atoms with Crippen molar-refractivity contribution in [1.29, 1.82) is 0 Å². The van der Waals surface area contributed by atoms with Gasteiger partial charge in [-0.05, 0) is 73.3 Å². The van der Waals surface area contributed by atoms with Gasteiger partial charge in [0.15, 0.2) is 5.82 Å². The smallest absolute Gasteiger partial charge is 0.160 e. The Balaban J connectivity index is 1.06. The first-order chi connectivity index (χ1) is 32.7. The Morgan fingerprint density at radius 1 is 0.364 bits per heavy atom. The number of nitrogens with one attached hydrogen (secondary N) is 1. The first-order valence-corrected chi connectivity index (χ1v) is 22.5. The van der Waals surface area contributed by atoms with E-state index >= 15 is 0 Å². The van der Waals surface area contributed by atoms with Crippen molar-refractivity contribution in [2.75, 3.05) is 6.54 Å². The third-order valence-corrected chi connectivity index (χ3v) is 12.8. The highest BCUT2D eigenvalue weighted by molar-refractivity contribution is 6.05. The highest BCUT2D eigenvalue weighted by Crippen LogP contribution is 2.40. The number of hydrogen-bond acceptors (Lipinski definition) is 4. The van der Waals surface area contributed by atoms with Crippen molar-refractivity contribution >= 4 is 33.4 Å². The molecule has 66 heavy (non-hydrogen) atoms. The topological polar surface area (TPSA) is 50.7 Å².